The number of benzene rings is 1. The van der Waals surface area contributed by atoms with Gasteiger partial charge in [0.25, 0.3) is 0 Å². The van der Waals surface area contributed by atoms with E-state index in [0.29, 0.717) is 12.6 Å². The SMILES string of the molecule is CCC1COCCN1C(C)(CN)Cc1ccccc1OC. The fraction of sp³-hybridized carbons (Fsp3) is 0.647. The molecule has 1 saturated heterocycles. The predicted molar refractivity (Wildman–Crippen MR) is 85.8 cm³/mol. The molecule has 0 amide bonds. The topological polar surface area (TPSA) is 47.7 Å². The number of nitrogens with zero attached hydrogens (tertiary/aromatic N) is 1. The molecule has 0 aliphatic carbocycles. The van der Waals surface area contributed by atoms with Gasteiger partial charge in [-0.1, -0.05) is 25.1 Å². The molecule has 4 heteroatoms. The number of methoxy groups -OCH3 is 1. The van der Waals surface area contributed by atoms with Crippen molar-refractivity contribution in [3.8, 4) is 5.75 Å². The molecule has 0 aromatic heterocycles. The number of hydrogen-bond donors (Lipinski definition) is 1. The van der Waals surface area contributed by atoms with E-state index in [1.807, 2.05) is 12.1 Å². The molecule has 0 radical (unpaired) electrons. The summed E-state index contributed by atoms with van der Waals surface area (Å²) in [6.45, 7) is 7.64. The van der Waals surface area contributed by atoms with E-state index in [4.69, 9.17) is 15.2 Å². The first-order chi connectivity index (χ1) is 10.1. The maximum absolute atomic E-state index is 6.17. The van der Waals surface area contributed by atoms with Gasteiger partial charge < -0.3 is 15.2 Å². The van der Waals surface area contributed by atoms with Crippen LogP contribution >= 0.6 is 0 Å². The number of ether oxygens (including phenoxy) is 2. The molecule has 0 saturated carbocycles. The van der Waals surface area contributed by atoms with Gasteiger partial charge in [0.05, 0.1) is 20.3 Å². The van der Waals surface area contributed by atoms with Gasteiger partial charge >= 0.3 is 0 Å². The van der Waals surface area contributed by atoms with Crippen molar-refractivity contribution in [3.63, 3.8) is 0 Å². The second kappa shape index (κ2) is 7.25. The Morgan fingerprint density at radius 3 is 2.86 bits per heavy atom. The zero-order valence-corrected chi connectivity index (χ0v) is 13.5. The molecular weight excluding hydrogens is 264 g/mol. The summed E-state index contributed by atoms with van der Waals surface area (Å²) in [5.41, 5.74) is 7.32. The average molecular weight is 292 g/mol. The lowest BCUT2D eigenvalue weighted by Crippen LogP contribution is -2.61. The predicted octanol–water partition coefficient (Wildman–Crippen LogP) is 2.07. The summed E-state index contributed by atoms with van der Waals surface area (Å²) in [6, 6.07) is 8.66. The zero-order chi connectivity index (χ0) is 15.3. The molecule has 1 heterocycles. The molecule has 2 atom stereocenters. The molecule has 0 bridgehead atoms. The maximum atomic E-state index is 6.17. The first-order valence-electron chi connectivity index (χ1n) is 7.81. The van der Waals surface area contributed by atoms with E-state index in [0.717, 1.165) is 38.3 Å². The van der Waals surface area contributed by atoms with Crippen LogP contribution in [-0.2, 0) is 11.2 Å². The van der Waals surface area contributed by atoms with Crippen molar-refractivity contribution < 1.29 is 9.47 Å². The van der Waals surface area contributed by atoms with E-state index in [1.54, 1.807) is 7.11 Å². The molecule has 1 fully saturated rings. The molecule has 1 aliphatic rings. The van der Waals surface area contributed by atoms with Crippen LogP contribution in [0.4, 0.5) is 0 Å². The Morgan fingerprint density at radius 2 is 2.19 bits per heavy atom. The number of rotatable bonds is 6. The molecule has 0 spiro atoms. The smallest absolute Gasteiger partial charge is 0.122 e. The molecule has 21 heavy (non-hydrogen) atoms. The lowest BCUT2D eigenvalue weighted by Gasteiger charge is -2.47. The summed E-state index contributed by atoms with van der Waals surface area (Å²) >= 11 is 0. The highest BCUT2D eigenvalue weighted by Gasteiger charge is 2.37. The number of nitrogens with two attached hydrogens (primary N) is 1. The second-order valence-corrected chi connectivity index (χ2v) is 6.02. The van der Waals surface area contributed by atoms with Gasteiger partial charge in [0.1, 0.15) is 5.75 Å². The van der Waals surface area contributed by atoms with Gasteiger partial charge in [-0.2, -0.15) is 0 Å². The normalized spacial score (nSPS) is 22.8. The van der Waals surface area contributed by atoms with Crippen molar-refractivity contribution in [2.45, 2.75) is 38.3 Å². The summed E-state index contributed by atoms with van der Waals surface area (Å²) in [5.74, 6) is 0.943. The second-order valence-electron chi connectivity index (χ2n) is 6.02. The molecule has 2 unspecified atom stereocenters. The largest absolute Gasteiger partial charge is 0.496 e. The Morgan fingerprint density at radius 1 is 1.43 bits per heavy atom. The molecule has 4 nitrogen and oxygen atoms in total. The van der Waals surface area contributed by atoms with Crippen molar-refractivity contribution >= 4 is 0 Å². The Hall–Kier alpha value is -1.10. The monoisotopic (exact) mass is 292 g/mol. The first kappa shape index (κ1) is 16.3. The quantitative estimate of drug-likeness (QED) is 0.872. The highest BCUT2D eigenvalue weighted by Crippen LogP contribution is 2.29. The number of para-hydroxylation sites is 1. The van der Waals surface area contributed by atoms with Gasteiger partial charge in [-0.3, -0.25) is 4.90 Å². The van der Waals surface area contributed by atoms with Crippen LogP contribution in [0.3, 0.4) is 0 Å². The Labute approximate surface area is 128 Å². The van der Waals surface area contributed by atoms with E-state index < -0.39 is 0 Å². The molecule has 2 rings (SSSR count). The molecule has 1 aromatic rings. The van der Waals surface area contributed by atoms with Crippen LogP contribution < -0.4 is 10.5 Å². The molecule has 2 N–H and O–H groups in total. The standard InChI is InChI=1S/C17H28N2O2/c1-4-15-12-21-10-9-19(15)17(2,13-18)11-14-7-5-6-8-16(14)20-3/h5-8,15H,4,9-13,18H2,1-3H3. The minimum Gasteiger partial charge on any atom is -0.496 e. The fourth-order valence-electron chi connectivity index (χ4n) is 3.25. The van der Waals surface area contributed by atoms with Crippen LogP contribution in [0.5, 0.6) is 5.75 Å². The van der Waals surface area contributed by atoms with Gasteiger partial charge in [0.2, 0.25) is 0 Å². The molecule has 1 aromatic carbocycles. The zero-order valence-electron chi connectivity index (χ0n) is 13.5. The van der Waals surface area contributed by atoms with Gasteiger partial charge in [0.15, 0.2) is 0 Å². The Kier molecular flexibility index (Phi) is 5.62. The molecular formula is C17H28N2O2. The van der Waals surface area contributed by atoms with Crippen LogP contribution in [0.15, 0.2) is 24.3 Å². The van der Waals surface area contributed by atoms with Crippen LogP contribution in [0.2, 0.25) is 0 Å². The molecule has 1 aliphatic heterocycles. The fourth-order valence-corrected chi connectivity index (χ4v) is 3.25. The van der Waals surface area contributed by atoms with Crippen LogP contribution in [0.1, 0.15) is 25.8 Å². The average Bonchev–Trinajstić information content (AvgIpc) is 2.55. The van der Waals surface area contributed by atoms with Gasteiger partial charge in [0, 0.05) is 24.7 Å². The van der Waals surface area contributed by atoms with Gasteiger partial charge in [-0.05, 0) is 31.4 Å². The van der Waals surface area contributed by atoms with Gasteiger partial charge in [-0.15, -0.1) is 0 Å². The minimum atomic E-state index is -0.0703. The van der Waals surface area contributed by atoms with Crippen molar-refractivity contribution in [2.75, 3.05) is 33.4 Å². The van der Waals surface area contributed by atoms with E-state index >= 15 is 0 Å². The van der Waals surface area contributed by atoms with Crippen LogP contribution in [0.25, 0.3) is 0 Å². The lowest BCUT2D eigenvalue weighted by molar-refractivity contribution is -0.0583. The summed E-state index contributed by atoms with van der Waals surface area (Å²) in [4.78, 5) is 2.53. The van der Waals surface area contributed by atoms with Crippen molar-refractivity contribution in [3.05, 3.63) is 29.8 Å². The Bertz CT molecular complexity index is 452. The van der Waals surface area contributed by atoms with Crippen LogP contribution in [0, 0.1) is 0 Å². The van der Waals surface area contributed by atoms with Crippen LogP contribution in [-0.4, -0.2) is 49.9 Å². The third-order valence-electron chi connectivity index (χ3n) is 4.60. The van der Waals surface area contributed by atoms with Gasteiger partial charge in [-0.25, -0.2) is 0 Å². The number of hydrogen-bond acceptors (Lipinski definition) is 4. The summed E-state index contributed by atoms with van der Waals surface area (Å²) in [7, 11) is 1.72. The van der Waals surface area contributed by atoms with E-state index in [9.17, 15) is 0 Å². The Balaban J connectivity index is 2.23. The van der Waals surface area contributed by atoms with Crippen molar-refractivity contribution in [1.82, 2.24) is 4.90 Å². The molecule has 118 valence electrons. The third-order valence-corrected chi connectivity index (χ3v) is 4.60. The lowest BCUT2D eigenvalue weighted by atomic mass is 9.88. The van der Waals surface area contributed by atoms with E-state index in [2.05, 4.69) is 30.9 Å². The third kappa shape index (κ3) is 3.57. The highest BCUT2D eigenvalue weighted by molar-refractivity contribution is 5.34. The summed E-state index contributed by atoms with van der Waals surface area (Å²) < 4.78 is 11.1. The highest BCUT2D eigenvalue weighted by atomic mass is 16.5. The van der Waals surface area contributed by atoms with Crippen molar-refractivity contribution in [1.29, 1.82) is 0 Å². The summed E-state index contributed by atoms with van der Waals surface area (Å²) in [6.07, 6.45) is 1.98. The first-order valence-corrected chi connectivity index (χ1v) is 7.81. The minimum absolute atomic E-state index is 0.0703. The van der Waals surface area contributed by atoms with Crippen molar-refractivity contribution in [2.24, 2.45) is 5.73 Å². The number of morpholine rings is 1. The maximum Gasteiger partial charge on any atom is 0.122 e. The summed E-state index contributed by atoms with van der Waals surface area (Å²) in [5, 5.41) is 0. The van der Waals surface area contributed by atoms with E-state index in [1.165, 1.54) is 5.56 Å². The van der Waals surface area contributed by atoms with E-state index in [-0.39, 0.29) is 5.54 Å².